The van der Waals surface area contributed by atoms with E-state index in [1.54, 1.807) is 11.8 Å². The van der Waals surface area contributed by atoms with E-state index in [0.717, 1.165) is 49.9 Å². The van der Waals surface area contributed by atoms with Crippen LogP contribution in [0.3, 0.4) is 0 Å². The summed E-state index contributed by atoms with van der Waals surface area (Å²) >= 11 is 1.74. The number of thioether (sulfide) groups is 1. The third-order valence-corrected chi connectivity index (χ3v) is 5.37. The molecule has 0 saturated carbocycles. The molecule has 128 valence electrons. The highest BCUT2D eigenvalue weighted by atomic mass is 32.2. The fourth-order valence-corrected chi connectivity index (χ4v) is 3.69. The molecule has 24 heavy (non-hydrogen) atoms. The highest BCUT2D eigenvalue weighted by Gasteiger charge is 2.09. The van der Waals surface area contributed by atoms with Crippen LogP contribution in [0.5, 0.6) is 0 Å². The molecule has 0 atom stereocenters. The molecule has 1 heterocycles. The minimum absolute atomic E-state index is 0.180. The van der Waals surface area contributed by atoms with E-state index in [1.807, 2.05) is 12.1 Å². The van der Waals surface area contributed by atoms with Crippen LogP contribution in [0.15, 0.2) is 53.4 Å². The van der Waals surface area contributed by atoms with Crippen LogP contribution in [-0.4, -0.2) is 37.7 Å². The average Bonchev–Trinajstić information content (AvgIpc) is 2.63. The van der Waals surface area contributed by atoms with Crippen molar-refractivity contribution in [2.45, 2.75) is 23.5 Å². The molecular weight excluding hydrogens is 321 g/mol. The van der Waals surface area contributed by atoms with Crippen LogP contribution < -0.4 is 0 Å². The number of ether oxygens (including phenoxy) is 1. The Morgan fingerprint density at radius 3 is 2.29 bits per heavy atom. The Morgan fingerprint density at radius 1 is 0.917 bits per heavy atom. The van der Waals surface area contributed by atoms with Gasteiger partial charge in [0.15, 0.2) is 0 Å². The zero-order chi connectivity index (χ0) is 16.6. The second kappa shape index (κ2) is 9.21. The zero-order valence-electron chi connectivity index (χ0n) is 13.9. The summed E-state index contributed by atoms with van der Waals surface area (Å²) in [4.78, 5) is 3.59. The standard InChI is InChI=1S/C20H24FNOS/c21-19-7-9-20(10-8-19)24-16-18-5-3-17(4-6-18)2-1-11-22-12-14-23-15-13-22/h3-10H,1-2,11-16H2. The molecule has 0 radical (unpaired) electrons. The fourth-order valence-electron chi connectivity index (χ4n) is 2.83. The normalized spacial score (nSPS) is 15.5. The number of rotatable bonds is 7. The van der Waals surface area contributed by atoms with Gasteiger partial charge >= 0.3 is 0 Å². The number of hydrogen-bond acceptors (Lipinski definition) is 3. The van der Waals surface area contributed by atoms with Gasteiger partial charge in [-0.05, 0) is 54.8 Å². The van der Waals surface area contributed by atoms with E-state index in [4.69, 9.17) is 4.74 Å². The van der Waals surface area contributed by atoms with Crippen molar-refractivity contribution in [1.82, 2.24) is 4.90 Å². The maximum Gasteiger partial charge on any atom is 0.123 e. The van der Waals surface area contributed by atoms with Crippen LogP contribution >= 0.6 is 11.8 Å². The van der Waals surface area contributed by atoms with Gasteiger partial charge in [-0.1, -0.05) is 24.3 Å². The topological polar surface area (TPSA) is 12.5 Å². The summed E-state index contributed by atoms with van der Waals surface area (Å²) in [5.41, 5.74) is 2.71. The van der Waals surface area contributed by atoms with Gasteiger partial charge < -0.3 is 4.74 Å². The lowest BCUT2D eigenvalue weighted by molar-refractivity contribution is 0.0375. The summed E-state index contributed by atoms with van der Waals surface area (Å²) in [7, 11) is 0. The van der Waals surface area contributed by atoms with Crippen LogP contribution in [0, 0.1) is 5.82 Å². The molecule has 1 aliphatic heterocycles. The Morgan fingerprint density at radius 2 is 1.58 bits per heavy atom. The fraction of sp³-hybridized carbons (Fsp3) is 0.400. The quantitative estimate of drug-likeness (QED) is 0.691. The second-order valence-corrected chi connectivity index (χ2v) is 7.17. The van der Waals surface area contributed by atoms with Crippen LogP contribution in [0.25, 0.3) is 0 Å². The third kappa shape index (κ3) is 5.62. The van der Waals surface area contributed by atoms with E-state index < -0.39 is 0 Å². The van der Waals surface area contributed by atoms with Gasteiger partial charge in [0.05, 0.1) is 13.2 Å². The van der Waals surface area contributed by atoms with Gasteiger partial charge in [0.25, 0.3) is 0 Å². The summed E-state index contributed by atoms with van der Waals surface area (Å²) in [5.74, 6) is 0.737. The lowest BCUT2D eigenvalue weighted by Crippen LogP contribution is -2.36. The molecule has 0 spiro atoms. The minimum atomic E-state index is -0.180. The molecule has 4 heteroatoms. The van der Waals surface area contributed by atoms with Crippen LogP contribution in [0.4, 0.5) is 4.39 Å². The molecular formula is C20H24FNOS. The van der Waals surface area contributed by atoms with Crippen molar-refractivity contribution in [3.05, 3.63) is 65.5 Å². The molecule has 2 aromatic rings. The Balaban J connectivity index is 1.40. The van der Waals surface area contributed by atoms with E-state index in [-0.39, 0.29) is 5.82 Å². The van der Waals surface area contributed by atoms with E-state index in [9.17, 15) is 4.39 Å². The van der Waals surface area contributed by atoms with E-state index in [2.05, 4.69) is 29.2 Å². The molecule has 0 bridgehead atoms. The molecule has 0 aliphatic carbocycles. The number of halogens is 1. The lowest BCUT2D eigenvalue weighted by Gasteiger charge is -2.26. The number of benzene rings is 2. The first-order valence-electron chi connectivity index (χ1n) is 8.56. The molecule has 0 amide bonds. The summed E-state index contributed by atoms with van der Waals surface area (Å²) < 4.78 is 18.3. The molecule has 2 nitrogen and oxygen atoms in total. The monoisotopic (exact) mass is 345 g/mol. The van der Waals surface area contributed by atoms with Gasteiger partial charge in [-0.25, -0.2) is 4.39 Å². The molecule has 2 aromatic carbocycles. The second-order valence-electron chi connectivity index (χ2n) is 6.12. The molecule has 0 aromatic heterocycles. The predicted octanol–water partition coefficient (Wildman–Crippen LogP) is 4.38. The van der Waals surface area contributed by atoms with Crippen molar-refractivity contribution in [3.63, 3.8) is 0 Å². The zero-order valence-corrected chi connectivity index (χ0v) is 14.7. The van der Waals surface area contributed by atoms with Crippen LogP contribution in [-0.2, 0) is 16.9 Å². The largest absolute Gasteiger partial charge is 0.379 e. The molecule has 1 fully saturated rings. The Hall–Kier alpha value is -1.36. The Bertz CT molecular complexity index is 609. The van der Waals surface area contributed by atoms with Crippen molar-refractivity contribution in [2.24, 2.45) is 0 Å². The van der Waals surface area contributed by atoms with Gasteiger partial charge in [-0.2, -0.15) is 0 Å². The van der Waals surface area contributed by atoms with Crippen molar-refractivity contribution in [3.8, 4) is 0 Å². The highest BCUT2D eigenvalue weighted by molar-refractivity contribution is 7.98. The van der Waals surface area contributed by atoms with Crippen molar-refractivity contribution < 1.29 is 9.13 Å². The predicted molar refractivity (Wildman–Crippen MR) is 98.0 cm³/mol. The summed E-state index contributed by atoms with van der Waals surface area (Å²) in [6.07, 6.45) is 2.33. The Kier molecular flexibility index (Phi) is 6.70. The summed E-state index contributed by atoms with van der Waals surface area (Å²) in [6.45, 7) is 5.05. The molecule has 1 aliphatic rings. The van der Waals surface area contributed by atoms with E-state index in [0.29, 0.717) is 0 Å². The Labute approximate surface area is 148 Å². The minimum Gasteiger partial charge on any atom is -0.379 e. The van der Waals surface area contributed by atoms with Gasteiger partial charge in [0, 0.05) is 23.7 Å². The van der Waals surface area contributed by atoms with Crippen LogP contribution in [0.2, 0.25) is 0 Å². The first-order valence-corrected chi connectivity index (χ1v) is 9.54. The van der Waals surface area contributed by atoms with E-state index >= 15 is 0 Å². The molecule has 3 rings (SSSR count). The van der Waals surface area contributed by atoms with Gasteiger partial charge in [0.1, 0.15) is 5.82 Å². The smallest absolute Gasteiger partial charge is 0.123 e. The first kappa shape index (κ1) is 17.5. The number of hydrogen-bond donors (Lipinski definition) is 0. The van der Waals surface area contributed by atoms with Gasteiger partial charge in [-0.15, -0.1) is 11.8 Å². The van der Waals surface area contributed by atoms with Gasteiger partial charge in [-0.3, -0.25) is 4.90 Å². The van der Waals surface area contributed by atoms with E-state index in [1.165, 1.54) is 29.7 Å². The highest BCUT2D eigenvalue weighted by Crippen LogP contribution is 2.23. The van der Waals surface area contributed by atoms with Crippen molar-refractivity contribution in [2.75, 3.05) is 32.8 Å². The summed E-state index contributed by atoms with van der Waals surface area (Å²) in [5, 5.41) is 0. The lowest BCUT2D eigenvalue weighted by atomic mass is 10.1. The number of nitrogens with zero attached hydrogens (tertiary/aromatic N) is 1. The van der Waals surface area contributed by atoms with Crippen LogP contribution in [0.1, 0.15) is 17.5 Å². The number of aryl methyl sites for hydroxylation is 1. The first-order chi connectivity index (χ1) is 11.8. The SMILES string of the molecule is Fc1ccc(SCc2ccc(CCCN3CCOCC3)cc2)cc1. The molecule has 1 saturated heterocycles. The maximum absolute atomic E-state index is 12.9. The van der Waals surface area contributed by atoms with Crippen molar-refractivity contribution >= 4 is 11.8 Å². The molecule has 0 N–H and O–H groups in total. The maximum atomic E-state index is 12.9. The third-order valence-electron chi connectivity index (χ3n) is 4.29. The van der Waals surface area contributed by atoms with Gasteiger partial charge in [0.2, 0.25) is 0 Å². The van der Waals surface area contributed by atoms with Crippen molar-refractivity contribution in [1.29, 1.82) is 0 Å². The molecule has 0 unspecified atom stereocenters. The number of morpholine rings is 1. The summed E-state index contributed by atoms with van der Waals surface area (Å²) in [6, 6.07) is 15.6. The average molecular weight is 345 g/mol.